The Hall–Kier alpha value is -1.98. The molecule has 25 heavy (non-hydrogen) atoms. The molecule has 0 aliphatic rings. The number of alkyl halides is 3. The number of pyridine rings is 1. The number of hydrogen-bond donors (Lipinski definition) is 0. The Morgan fingerprint density at radius 1 is 1.04 bits per heavy atom. The molecule has 0 atom stereocenters. The van der Waals surface area contributed by atoms with E-state index in [2.05, 4.69) is 4.98 Å². The molecule has 0 fully saturated rings. The third-order valence-corrected chi connectivity index (χ3v) is 4.21. The molecule has 0 amide bonds. The van der Waals surface area contributed by atoms with E-state index in [9.17, 15) is 13.2 Å². The molecule has 0 spiro atoms. The number of hydrogen-bond acceptors (Lipinski definition) is 2. The van der Waals surface area contributed by atoms with Crippen LogP contribution in [0.1, 0.15) is 16.8 Å². The molecule has 0 unspecified atom stereocenters. The molecular weight excluding hydrogens is 374 g/mol. The SMILES string of the molecule is Cc1ccc2c(Cl)cc(Cl)c(OCc3cccc(C(F)(F)F)c3)c2n1. The Kier molecular flexibility index (Phi) is 4.80. The second-order valence-electron chi connectivity index (χ2n) is 5.50. The smallest absolute Gasteiger partial charge is 0.416 e. The molecule has 1 heterocycles. The average molecular weight is 386 g/mol. The van der Waals surface area contributed by atoms with E-state index in [-0.39, 0.29) is 11.6 Å². The Labute approximate surface area is 152 Å². The minimum Gasteiger partial charge on any atom is -0.485 e. The lowest BCUT2D eigenvalue weighted by Gasteiger charge is -2.13. The maximum atomic E-state index is 12.8. The van der Waals surface area contributed by atoms with E-state index in [1.807, 2.05) is 6.92 Å². The van der Waals surface area contributed by atoms with Crippen molar-refractivity contribution in [2.24, 2.45) is 0 Å². The highest BCUT2D eigenvalue weighted by molar-refractivity contribution is 6.39. The van der Waals surface area contributed by atoms with Gasteiger partial charge in [0.25, 0.3) is 0 Å². The van der Waals surface area contributed by atoms with Crippen molar-refractivity contribution >= 4 is 34.1 Å². The van der Waals surface area contributed by atoms with Gasteiger partial charge in [0.2, 0.25) is 0 Å². The van der Waals surface area contributed by atoms with Crippen LogP contribution in [0.4, 0.5) is 13.2 Å². The van der Waals surface area contributed by atoms with Crippen LogP contribution in [0.15, 0.2) is 42.5 Å². The van der Waals surface area contributed by atoms with Crippen LogP contribution in [0.5, 0.6) is 5.75 Å². The number of aromatic nitrogens is 1. The van der Waals surface area contributed by atoms with Crippen molar-refractivity contribution in [2.45, 2.75) is 19.7 Å². The molecule has 0 aliphatic heterocycles. The fourth-order valence-electron chi connectivity index (χ4n) is 2.42. The average Bonchev–Trinajstić information content (AvgIpc) is 2.53. The van der Waals surface area contributed by atoms with E-state index < -0.39 is 11.7 Å². The van der Waals surface area contributed by atoms with Crippen molar-refractivity contribution in [3.8, 4) is 5.75 Å². The van der Waals surface area contributed by atoms with Gasteiger partial charge < -0.3 is 4.74 Å². The molecule has 1 aromatic heterocycles. The molecule has 2 aromatic carbocycles. The van der Waals surface area contributed by atoms with Gasteiger partial charge in [-0.2, -0.15) is 13.2 Å². The van der Waals surface area contributed by atoms with Gasteiger partial charge in [0.05, 0.1) is 15.6 Å². The Bertz CT molecular complexity index is 941. The highest BCUT2D eigenvalue weighted by atomic mass is 35.5. The summed E-state index contributed by atoms with van der Waals surface area (Å²) in [5, 5.41) is 1.34. The summed E-state index contributed by atoms with van der Waals surface area (Å²) < 4.78 is 44.1. The van der Waals surface area contributed by atoms with Crippen LogP contribution < -0.4 is 4.74 Å². The van der Waals surface area contributed by atoms with E-state index in [1.54, 1.807) is 18.2 Å². The summed E-state index contributed by atoms with van der Waals surface area (Å²) >= 11 is 12.4. The topological polar surface area (TPSA) is 22.1 Å². The monoisotopic (exact) mass is 385 g/mol. The number of halogens is 5. The summed E-state index contributed by atoms with van der Waals surface area (Å²) in [4.78, 5) is 4.39. The number of nitrogens with zero attached hydrogens (tertiary/aromatic N) is 1. The minimum absolute atomic E-state index is 0.0734. The zero-order valence-corrected chi connectivity index (χ0v) is 14.5. The quantitative estimate of drug-likeness (QED) is 0.516. The fourth-order valence-corrected chi connectivity index (χ4v) is 2.99. The summed E-state index contributed by atoms with van der Waals surface area (Å²) in [5.41, 5.74) is 0.871. The lowest BCUT2D eigenvalue weighted by Crippen LogP contribution is -2.06. The first kappa shape index (κ1) is 17.8. The molecule has 0 N–H and O–H groups in total. The number of rotatable bonds is 3. The molecule has 3 rings (SSSR count). The standard InChI is InChI=1S/C18H12Cl2F3NO/c1-10-5-6-13-14(19)8-15(20)17(16(13)24-10)25-9-11-3-2-4-12(7-11)18(21,22)23/h2-8H,9H2,1H3. The zero-order valence-electron chi connectivity index (χ0n) is 13.0. The van der Waals surface area contributed by atoms with Crippen LogP contribution in [-0.2, 0) is 12.8 Å². The second kappa shape index (κ2) is 6.73. The molecule has 7 heteroatoms. The summed E-state index contributed by atoms with van der Waals surface area (Å²) in [5.74, 6) is 0.294. The van der Waals surface area contributed by atoms with Gasteiger partial charge >= 0.3 is 6.18 Å². The van der Waals surface area contributed by atoms with Crippen LogP contribution in [-0.4, -0.2) is 4.98 Å². The molecule has 0 aliphatic carbocycles. The molecule has 3 aromatic rings. The van der Waals surface area contributed by atoms with E-state index in [0.29, 0.717) is 27.2 Å². The zero-order chi connectivity index (χ0) is 18.2. The first-order valence-corrected chi connectivity index (χ1v) is 8.05. The maximum absolute atomic E-state index is 12.8. The molecule has 0 saturated carbocycles. The van der Waals surface area contributed by atoms with Gasteiger partial charge in [0, 0.05) is 11.1 Å². The number of fused-ring (bicyclic) bond motifs is 1. The van der Waals surface area contributed by atoms with Crippen LogP contribution in [0.3, 0.4) is 0 Å². The van der Waals surface area contributed by atoms with E-state index in [4.69, 9.17) is 27.9 Å². The number of ether oxygens (including phenoxy) is 1. The van der Waals surface area contributed by atoms with Crippen molar-refractivity contribution in [3.05, 3.63) is 69.3 Å². The lowest BCUT2D eigenvalue weighted by molar-refractivity contribution is -0.137. The summed E-state index contributed by atoms with van der Waals surface area (Å²) in [7, 11) is 0. The molecule has 0 saturated heterocycles. The predicted molar refractivity (Wildman–Crippen MR) is 92.3 cm³/mol. The van der Waals surface area contributed by atoms with Gasteiger partial charge in [-0.15, -0.1) is 0 Å². The highest BCUT2D eigenvalue weighted by Gasteiger charge is 2.30. The number of aryl methyl sites for hydroxylation is 1. The van der Waals surface area contributed by atoms with E-state index in [1.165, 1.54) is 12.1 Å². The van der Waals surface area contributed by atoms with Crippen molar-refractivity contribution in [1.29, 1.82) is 0 Å². The van der Waals surface area contributed by atoms with Gasteiger partial charge in [-0.3, -0.25) is 0 Å². The van der Waals surface area contributed by atoms with Gasteiger partial charge in [0.1, 0.15) is 12.1 Å². The molecule has 130 valence electrons. The summed E-state index contributed by atoms with van der Waals surface area (Å²) in [6, 6.07) is 10.1. The molecule has 0 bridgehead atoms. The van der Waals surface area contributed by atoms with E-state index in [0.717, 1.165) is 17.8 Å². The Morgan fingerprint density at radius 3 is 2.52 bits per heavy atom. The first-order valence-electron chi connectivity index (χ1n) is 7.30. The number of benzene rings is 2. The van der Waals surface area contributed by atoms with Crippen molar-refractivity contribution in [2.75, 3.05) is 0 Å². The second-order valence-corrected chi connectivity index (χ2v) is 6.32. The Balaban J connectivity index is 1.95. The highest BCUT2D eigenvalue weighted by Crippen LogP contribution is 2.38. The summed E-state index contributed by atoms with van der Waals surface area (Å²) in [6.07, 6.45) is -4.40. The fraction of sp³-hybridized carbons (Fsp3) is 0.167. The minimum atomic E-state index is -4.40. The largest absolute Gasteiger partial charge is 0.485 e. The van der Waals surface area contributed by atoms with Crippen LogP contribution in [0.2, 0.25) is 10.0 Å². The van der Waals surface area contributed by atoms with Crippen molar-refractivity contribution in [1.82, 2.24) is 4.98 Å². The third kappa shape index (κ3) is 3.83. The lowest BCUT2D eigenvalue weighted by atomic mass is 10.1. The van der Waals surface area contributed by atoms with Crippen molar-refractivity contribution < 1.29 is 17.9 Å². The normalized spacial score (nSPS) is 11.8. The van der Waals surface area contributed by atoms with Crippen LogP contribution in [0.25, 0.3) is 10.9 Å². The van der Waals surface area contributed by atoms with Gasteiger partial charge in [-0.25, -0.2) is 4.98 Å². The molecule has 2 nitrogen and oxygen atoms in total. The first-order chi connectivity index (χ1) is 11.8. The third-order valence-electron chi connectivity index (χ3n) is 3.61. The van der Waals surface area contributed by atoms with E-state index >= 15 is 0 Å². The van der Waals surface area contributed by atoms with Gasteiger partial charge in [-0.1, -0.05) is 35.3 Å². The maximum Gasteiger partial charge on any atom is 0.416 e. The van der Waals surface area contributed by atoms with Crippen LogP contribution >= 0.6 is 23.2 Å². The van der Waals surface area contributed by atoms with Gasteiger partial charge in [-0.05, 0) is 42.8 Å². The summed E-state index contributed by atoms with van der Waals surface area (Å²) in [6.45, 7) is 1.74. The molecular formula is C18H12Cl2F3NO. The van der Waals surface area contributed by atoms with Crippen molar-refractivity contribution in [3.63, 3.8) is 0 Å². The molecule has 0 radical (unpaired) electrons. The Morgan fingerprint density at radius 2 is 1.80 bits per heavy atom. The van der Waals surface area contributed by atoms with Crippen LogP contribution in [0, 0.1) is 6.92 Å². The van der Waals surface area contributed by atoms with Gasteiger partial charge in [0.15, 0.2) is 5.75 Å². The predicted octanol–water partition coefficient (Wildman–Crippen LogP) is 6.45.